The average molecular weight is 431 g/mol. The van der Waals surface area contributed by atoms with Crippen molar-refractivity contribution in [2.45, 2.75) is 0 Å². The van der Waals surface area contributed by atoms with Crippen molar-refractivity contribution in [2.24, 2.45) is 0 Å². The Bertz CT molecular complexity index is 1180. The number of carbonyl (C=O) groups is 1. The van der Waals surface area contributed by atoms with Crippen LogP contribution in [0.2, 0.25) is 0 Å². The van der Waals surface area contributed by atoms with Crippen molar-refractivity contribution >= 4 is 35.4 Å². The van der Waals surface area contributed by atoms with E-state index in [1.807, 2.05) is 134 Å². The van der Waals surface area contributed by atoms with Gasteiger partial charge in [-0.05, 0) is 46.8 Å². The molecule has 0 aliphatic carbocycles. The van der Waals surface area contributed by atoms with E-state index in [9.17, 15) is 4.79 Å². The lowest BCUT2D eigenvalue weighted by atomic mass is 9.55. The van der Waals surface area contributed by atoms with Crippen molar-refractivity contribution in [3.8, 4) is 5.75 Å². The smallest absolute Gasteiger partial charge is 0.426 e. The summed E-state index contributed by atoms with van der Waals surface area (Å²) in [5, 5.41) is 0. The van der Waals surface area contributed by atoms with Crippen LogP contribution in [-0.4, -0.2) is 26.8 Å². The maximum absolute atomic E-state index is 13.1. The lowest BCUT2D eigenvalue weighted by molar-refractivity contribution is 0.104. The Balaban J connectivity index is 1.60. The predicted octanol–water partition coefficient (Wildman–Crippen LogP) is 4.83. The summed E-state index contributed by atoms with van der Waals surface area (Å²) in [6.07, 6.45) is 3.44. The van der Waals surface area contributed by atoms with Gasteiger partial charge in [0.05, 0.1) is 5.56 Å². The summed E-state index contributed by atoms with van der Waals surface area (Å²) in [6.45, 7) is -0.316. The van der Waals surface area contributed by atoms with Crippen molar-refractivity contribution < 1.29 is 9.45 Å². The van der Waals surface area contributed by atoms with E-state index >= 15 is 0 Å². The Labute approximate surface area is 196 Å². The molecule has 4 rings (SSSR count). The molecule has 0 spiro atoms. The molecular formula is C29H26BNO2. The van der Waals surface area contributed by atoms with E-state index in [0.29, 0.717) is 11.3 Å². The third kappa shape index (κ3) is 5.61. The van der Waals surface area contributed by atoms with Gasteiger partial charge in [0.25, 0.3) is 0 Å². The van der Waals surface area contributed by atoms with Gasteiger partial charge in [-0.2, -0.15) is 0 Å². The van der Waals surface area contributed by atoms with Crippen LogP contribution in [0.15, 0.2) is 115 Å². The largest absolute Gasteiger partial charge is 0.551 e. The monoisotopic (exact) mass is 431 g/mol. The van der Waals surface area contributed by atoms with E-state index in [2.05, 4.69) is 0 Å². The molecule has 33 heavy (non-hydrogen) atoms. The molecule has 4 heteroatoms. The molecule has 0 amide bonds. The minimum Gasteiger partial charge on any atom is -0.551 e. The molecule has 3 nitrogen and oxygen atoms in total. The first-order chi connectivity index (χ1) is 16.1. The van der Waals surface area contributed by atoms with Crippen molar-refractivity contribution in [3.05, 3.63) is 126 Å². The first kappa shape index (κ1) is 22.2. The van der Waals surface area contributed by atoms with E-state index in [-0.39, 0.29) is 12.7 Å². The van der Waals surface area contributed by atoms with Crippen LogP contribution in [-0.2, 0) is 0 Å². The Hall–Kier alpha value is -4.05. The van der Waals surface area contributed by atoms with Crippen LogP contribution in [0.25, 0.3) is 6.08 Å². The van der Waals surface area contributed by atoms with Crippen LogP contribution in [0.4, 0.5) is 5.69 Å². The standard InChI is InChI=1S/C29H26BNO2/c1-31(2)26-20-17-23(18-21-26)19-22-28(32)27-15-9-10-16-29(27)33-30(24-11-5-3-6-12-24)25-13-7-4-8-14-25/h3-22H,1-2H3/b22-19+. The number of rotatable bonds is 8. The third-order valence-electron chi connectivity index (χ3n) is 5.44. The number of benzene rings is 4. The molecule has 4 aromatic carbocycles. The van der Waals surface area contributed by atoms with Gasteiger partial charge in [0.2, 0.25) is 0 Å². The zero-order valence-corrected chi connectivity index (χ0v) is 18.9. The van der Waals surface area contributed by atoms with Gasteiger partial charge < -0.3 is 9.55 Å². The molecule has 0 unspecified atom stereocenters. The van der Waals surface area contributed by atoms with Gasteiger partial charge in [-0.1, -0.05) is 91.0 Å². The number of anilines is 1. The van der Waals surface area contributed by atoms with Gasteiger partial charge in [0, 0.05) is 19.8 Å². The number of allylic oxidation sites excluding steroid dienone is 1. The number of para-hydroxylation sites is 1. The second-order valence-electron chi connectivity index (χ2n) is 8.00. The first-order valence-corrected chi connectivity index (χ1v) is 11.0. The molecule has 0 aliphatic rings. The van der Waals surface area contributed by atoms with E-state index in [0.717, 1.165) is 22.2 Å². The maximum atomic E-state index is 13.1. The van der Waals surface area contributed by atoms with Crippen molar-refractivity contribution in [1.82, 2.24) is 0 Å². The number of hydrogen-bond donors (Lipinski definition) is 0. The quantitative estimate of drug-likeness (QED) is 0.227. The molecule has 0 aromatic heterocycles. The number of ketones is 1. The molecule has 0 N–H and O–H groups in total. The fourth-order valence-electron chi connectivity index (χ4n) is 3.63. The summed E-state index contributed by atoms with van der Waals surface area (Å²) in [5.41, 5.74) is 4.68. The summed E-state index contributed by atoms with van der Waals surface area (Å²) < 4.78 is 6.47. The molecule has 0 aliphatic heterocycles. The van der Waals surface area contributed by atoms with Crippen LogP contribution in [0.5, 0.6) is 5.75 Å². The highest BCUT2D eigenvalue weighted by Gasteiger charge is 2.24. The number of nitrogens with zero attached hydrogens (tertiary/aromatic N) is 1. The molecule has 0 heterocycles. The Morgan fingerprint density at radius 3 is 1.85 bits per heavy atom. The summed E-state index contributed by atoms with van der Waals surface area (Å²) in [5.74, 6) is 0.468. The molecule has 4 aromatic rings. The fourth-order valence-corrected chi connectivity index (χ4v) is 3.63. The lowest BCUT2D eigenvalue weighted by Crippen LogP contribution is -2.47. The summed E-state index contributed by atoms with van der Waals surface area (Å²) in [6, 6.07) is 35.6. The van der Waals surface area contributed by atoms with Gasteiger partial charge in [-0.25, -0.2) is 0 Å². The Morgan fingerprint density at radius 2 is 1.27 bits per heavy atom. The van der Waals surface area contributed by atoms with Gasteiger partial charge in [-0.3, -0.25) is 4.79 Å². The summed E-state index contributed by atoms with van der Waals surface area (Å²) in [4.78, 5) is 15.1. The topological polar surface area (TPSA) is 29.5 Å². The molecule has 162 valence electrons. The van der Waals surface area contributed by atoms with E-state index in [1.54, 1.807) is 6.08 Å². The Morgan fingerprint density at radius 1 is 0.727 bits per heavy atom. The van der Waals surface area contributed by atoms with Crippen molar-refractivity contribution in [1.29, 1.82) is 0 Å². The second kappa shape index (κ2) is 10.5. The summed E-state index contributed by atoms with van der Waals surface area (Å²) >= 11 is 0. The predicted molar refractivity (Wildman–Crippen MR) is 139 cm³/mol. The lowest BCUT2D eigenvalue weighted by Gasteiger charge is -2.18. The number of carbonyl (C=O) groups excluding carboxylic acids is 1. The van der Waals surface area contributed by atoms with Crippen LogP contribution >= 0.6 is 0 Å². The third-order valence-corrected chi connectivity index (χ3v) is 5.44. The minimum absolute atomic E-state index is 0.0952. The highest BCUT2D eigenvalue weighted by Crippen LogP contribution is 2.21. The van der Waals surface area contributed by atoms with Crippen LogP contribution in [0.3, 0.4) is 0 Å². The minimum atomic E-state index is -0.316. The highest BCUT2D eigenvalue weighted by molar-refractivity contribution is 6.80. The van der Waals surface area contributed by atoms with Gasteiger partial charge >= 0.3 is 6.92 Å². The zero-order valence-electron chi connectivity index (χ0n) is 18.9. The average Bonchev–Trinajstić information content (AvgIpc) is 2.87. The normalized spacial score (nSPS) is 10.7. The van der Waals surface area contributed by atoms with Crippen molar-refractivity contribution in [3.63, 3.8) is 0 Å². The number of hydrogen-bond acceptors (Lipinski definition) is 3. The van der Waals surface area contributed by atoms with Crippen LogP contribution < -0.4 is 20.5 Å². The van der Waals surface area contributed by atoms with E-state index in [1.165, 1.54) is 0 Å². The van der Waals surface area contributed by atoms with Crippen LogP contribution in [0, 0.1) is 0 Å². The highest BCUT2D eigenvalue weighted by atomic mass is 16.4. The fraction of sp³-hybridized carbons (Fsp3) is 0.0690. The van der Waals surface area contributed by atoms with Crippen molar-refractivity contribution in [2.75, 3.05) is 19.0 Å². The van der Waals surface area contributed by atoms with Gasteiger partial charge in [0.15, 0.2) is 5.78 Å². The first-order valence-electron chi connectivity index (χ1n) is 11.0. The molecule has 0 saturated carbocycles. The molecule has 0 saturated heterocycles. The molecule has 0 fully saturated rings. The Kier molecular flexibility index (Phi) is 7.06. The molecule has 0 bridgehead atoms. The zero-order chi connectivity index (χ0) is 23.0. The second-order valence-corrected chi connectivity index (χ2v) is 8.00. The molecule has 0 atom stereocenters. The molecule has 0 radical (unpaired) electrons. The maximum Gasteiger partial charge on any atom is 0.426 e. The van der Waals surface area contributed by atoms with E-state index in [4.69, 9.17) is 4.65 Å². The van der Waals surface area contributed by atoms with Crippen LogP contribution in [0.1, 0.15) is 15.9 Å². The summed E-state index contributed by atoms with van der Waals surface area (Å²) in [7, 11) is 4.01. The van der Waals surface area contributed by atoms with E-state index < -0.39 is 0 Å². The van der Waals surface area contributed by atoms with Gasteiger partial charge in [0.1, 0.15) is 5.75 Å². The molecular weight excluding hydrogens is 405 g/mol. The SMILES string of the molecule is CN(C)c1ccc(/C=C/C(=O)c2ccccc2OB(c2ccccc2)c2ccccc2)cc1. The van der Waals surface area contributed by atoms with Gasteiger partial charge in [-0.15, -0.1) is 0 Å².